The first-order valence-electron chi connectivity index (χ1n) is 7.27. The van der Waals surface area contributed by atoms with Crippen molar-refractivity contribution < 1.29 is 8.78 Å². The molecule has 0 aliphatic heterocycles. The fourth-order valence-electron chi connectivity index (χ4n) is 2.31. The highest BCUT2D eigenvalue weighted by Gasteiger charge is 2.15. The van der Waals surface area contributed by atoms with Crippen LogP contribution in [0.1, 0.15) is 24.6 Å². The number of hydrogen-bond donors (Lipinski definition) is 1. The molecule has 1 heterocycles. The van der Waals surface area contributed by atoms with E-state index in [1.807, 2.05) is 18.2 Å². The molecule has 0 saturated heterocycles. The first-order chi connectivity index (χ1) is 10.2. The Morgan fingerprint density at radius 3 is 2.67 bits per heavy atom. The van der Waals surface area contributed by atoms with Gasteiger partial charge in [0.2, 0.25) is 0 Å². The van der Waals surface area contributed by atoms with Gasteiger partial charge in [-0.3, -0.25) is 4.98 Å². The van der Waals surface area contributed by atoms with E-state index in [1.54, 1.807) is 18.3 Å². The van der Waals surface area contributed by atoms with E-state index < -0.39 is 11.6 Å². The molecule has 0 aliphatic rings. The quantitative estimate of drug-likeness (QED) is 0.844. The zero-order valence-corrected chi connectivity index (χ0v) is 12.2. The second-order valence-electron chi connectivity index (χ2n) is 5.09. The molecule has 0 amide bonds. The Hall–Kier alpha value is -1.81. The summed E-state index contributed by atoms with van der Waals surface area (Å²) >= 11 is 0. The van der Waals surface area contributed by atoms with Gasteiger partial charge in [-0.2, -0.15) is 0 Å². The number of nitrogens with zero attached hydrogens (tertiary/aromatic N) is 1. The van der Waals surface area contributed by atoms with Gasteiger partial charge in [0.1, 0.15) is 0 Å². The smallest absolute Gasteiger partial charge is 0.162 e. The molecule has 1 N–H and O–H groups in total. The highest BCUT2D eigenvalue weighted by molar-refractivity contribution is 5.20. The molecule has 0 spiro atoms. The molecule has 4 heteroatoms. The van der Waals surface area contributed by atoms with Gasteiger partial charge in [-0.15, -0.1) is 0 Å². The monoisotopic (exact) mass is 290 g/mol. The number of pyridine rings is 1. The lowest BCUT2D eigenvalue weighted by atomic mass is 10.0. The summed E-state index contributed by atoms with van der Waals surface area (Å²) in [6.07, 6.45) is 3.87. The van der Waals surface area contributed by atoms with Crippen molar-refractivity contribution in [3.05, 3.63) is 65.5 Å². The molecule has 2 aromatic rings. The Kier molecular flexibility index (Phi) is 5.81. The van der Waals surface area contributed by atoms with Crippen molar-refractivity contribution in [1.82, 2.24) is 10.3 Å². The summed E-state index contributed by atoms with van der Waals surface area (Å²) in [6, 6.07) is 10.1. The second-order valence-corrected chi connectivity index (χ2v) is 5.09. The molecule has 0 bridgehead atoms. The van der Waals surface area contributed by atoms with E-state index in [0.717, 1.165) is 24.7 Å². The molecule has 1 unspecified atom stereocenters. The minimum Gasteiger partial charge on any atom is -0.313 e. The molecule has 112 valence electrons. The van der Waals surface area contributed by atoms with Crippen molar-refractivity contribution in [3.63, 3.8) is 0 Å². The topological polar surface area (TPSA) is 24.9 Å². The Labute approximate surface area is 124 Å². The number of aromatic nitrogens is 1. The summed E-state index contributed by atoms with van der Waals surface area (Å²) in [4.78, 5) is 4.30. The molecule has 0 aliphatic carbocycles. The fraction of sp³-hybridized carbons (Fsp3) is 0.353. The van der Waals surface area contributed by atoms with Crippen LogP contribution in [-0.4, -0.2) is 17.6 Å². The predicted molar refractivity (Wildman–Crippen MR) is 80.1 cm³/mol. The van der Waals surface area contributed by atoms with Crippen LogP contribution in [0.15, 0.2) is 42.6 Å². The molecular weight excluding hydrogens is 270 g/mol. The third-order valence-corrected chi connectivity index (χ3v) is 3.36. The summed E-state index contributed by atoms with van der Waals surface area (Å²) in [5, 5.41) is 3.38. The van der Waals surface area contributed by atoms with Gasteiger partial charge in [0.15, 0.2) is 11.6 Å². The molecular formula is C17H20F2N2. The van der Waals surface area contributed by atoms with Crippen molar-refractivity contribution in [2.45, 2.75) is 32.2 Å². The van der Waals surface area contributed by atoms with Gasteiger partial charge in [0, 0.05) is 24.4 Å². The predicted octanol–water partition coefficient (Wildman–Crippen LogP) is 3.51. The third-order valence-electron chi connectivity index (χ3n) is 3.36. The Balaban J connectivity index is 2.10. The number of hydrogen-bond acceptors (Lipinski definition) is 2. The van der Waals surface area contributed by atoms with Gasteiger partial charge < -0.3 is 5.32 Å². The van der Waals surface area contributed by atoms with Crippen LogP contribution >= 0.6 is 0 Å². The van der Waals surface area contributed by atoms with Crippen LogP contribution in [0.25, 0.3) is 0 Å². The fourth-order valence-corrected chi connectivity index (χ4v) is 2.31. The lowest BCUT2D eigenvalue weighted by Crippen LogP contribution is -2.34. The standard InChI is InChI=1S/C17H20F2N2/c1-2-9-20-15(12-14-7-3-4-10-21-14)11-13-6-5-8-16(18)17(13)19/h3-8,10,15,20H,2,9,11-12H2,1H3. The Morgan fingerprint density at radius 2 is 1.95 bits per heavy atom. The van der Waals surface area contributed by atoms with Gasteiger partial charge >= 0.3 is 0 Å². The lowest BCUT2D eigenvalue weighted by Gasteiger charge is -2.18. The number of nitrogens with one attached hydrogen (secondary N) is 1. The second kappa shape index (κ2) is 7.84. The summed E-state index contributed by atoms with van der Waals surface area (Å²) in [5.74, 6) is -1.54. The van der Waals surface area contributed by atoms with Crippen molar-refractivity contribution in [3.8, 4) is 0 Å². The van der Waals surface area contributed by atoms with Gasteiger partial charge in [0.05, 0.1) is 0 Å². The maximum atomic E-state index is 13.8. The van der Waals surface area contributed by atoms with Gasteiger partial charge in [-0.25, -0.2) is 8.78 Å². The van der Waals surface area contributed by atoms with Gasteiger partial charge in [0.25, 0.3) is 0 Å². The van der Waals surface area contributed by atoms with Crippen molar-refractivity contribution in [2.24, 2.45) is 0 Å². The first-order valence-corrected chi connectivity index (χ1v) is 7.27. The molecule has 0 saturated carbocycles. The van der Waals surface area contributed by atoms with Gasteiger partial charge in [-0.05, 0) is 43.1 Å². The van der Waals surface area contributed by atoms with Gasteiger partial charge in [-0.1, -0.05) is 25.1 Å². The van der Waals surface area contributed by atoms with Crippen LogP contribution in [0.4, 0.5) is 8.78 Å². The number of rotatable bonds is 7. The largest absolute Gasteiger partial charge is 0.313 e. The molecule has 0 fully saturated rings. The molecule has 2 rings (SSSR count). The zero-order valence-electron chi connectivity index (χ0n) is 12.2. The van der Waals surface area contributed by atoms with E-state index >= 15 is 0 Å². The van der Waals surface area contributed by atoms with Crippen LogP contribution in [0.2, 0.25) is 0 Å². The van der Waals surface area contributed by atoms with E-state index in [0.29, 0.717) is 18.4 Å². The summed E-state index contributed by atoms with van der Waals surface area (Å²) in [5.41, 5.74) is 1.35. The van der Waals surface area contributed by atoms with Crippen molar-refractivity contribution >= 4 is 0 Å². The van der Waals surface area contributed by atoms with E-state index in [2.05, 4.69) is 17.2 Å². The zero-order chi connectivity index (χ0) is 15.1. The number of halogens is 2. The Morgan fingerprint density at radius 1 is 1.10 bits per heavy atom. The van der Waals surface area contributed by atoms with Crippen LogP contribution in [0, 0.1) is 11.6 Å². The van der Waals surface area contributed by atoms with Crippen molar-refractivity contribution in [1.29, 1.82) is 0 Å². The van der Waals surface area contributed by atoms with Crippen molar-refractivity contribution in [2.75, 3.05) is 6.54 Å². The Bertz CT molecular complexity index is 558. The van der Waals surface area contributed by atoms with Crippen LogP contribution in [-0.2, 0) is 12.8 Å². The molecule has 0 radical (unpaired) electrons. The first kappa shape index (κ1) is 15.6. The SMILES string of the molecule is CCCNC(Cc1ccccn1)Cc1cccc(F)c1F. The van der Waals surface area contributed by atoms with E-state index in [1.165, 1.54) is 0 Å². The van der Waals surface area contributed by atoms with Crippen LogP contribution in [0.5, 0.6) is 0 Å². The maximum absolute atomic E-state index is 13.8. The summed E-state index contributed by atoms with van der Waals surface area (Å²) in [6.45, 7) is 2.92. The lowest BCUT2D eigenvalue weighted by molar-refractivity contribution is 0.466. The number of benzene rings is 1. The minimum absolute atomic E-state index is 0.0381. The normalized spacial score (nSPS) is 12.3. The summed E-state index contributed by atoms with van der Waals surface area (Å²) < 4.78 is 27.1. The maximum Gasteiger partial charge on any atom is 0.162 e. The minimum atomic E-state index is -0.792. The third kappa shape index (κ3) is 4.60. The van der Waals surface area contributed by atoms with E-state index in [4.69, 9.17) is 0 Å². The average Bonchev–Trinajstić information content (AvgIpc) is 2.50. The molecule has 21 heavy (non-hydrogen) atoms. The molecule has 2 nitrogen and oxygen atoms in total. The van der Waals surface area contributed by atoms with E-state index in [9.17, 15) is 8.78 Å². The van der Waals surface area contributed by atoms with Crippen LogP contribution in [0.3, 0.4) is 0 Å². The molecule has 1 aromatic heterocycles. The highest BCUT2D eigenvalue weighted by Crippen LogP contribution is 2.15. The highest BCUT2D eigenvalue weighted by atomic mass is 19.2. The van der Waals surface area contributed by atoms with Crippen LogP contribution < -0.4 is 5.32 Å². The molecule has 1 aromatic carbocycles. The molecule has 1 atom stereocenters. The average molecular weight is 290 g/mol. The van der Waals surface area contributed by atoms with E-state index in [-0.39, 0.29) is 6.04 Å². The summed E-state index contributed by atoms with van der Waals surface area (Å²) in [7, 11) is 0.